The molecular formula is C16H16Br2N4OS2. The number of fused-ring (bicyclic) bond motifs is 1. The summed E-state index contributed by atoms with van der Waals surface area (Å²) in [6, 6.07) is 0. The molecule has 2 saturated carbocycles. The molecule has 0 unspecified atom stereocenters. The molecule has 2 fully saturated rings. The minimum absolute atomic E-state index is 0.541. The van der Waals surface area contributed by atoms with Crippen LogP contribution in [0.5, 0.6) is 0 Å². The Labute approximate surface area is 170 Å². The molecular weight excluding hydrogens is 488 g/mol. The number of amides is 1. The molecule has 3 aromatic rings. The van der Waals surface area contributed by atoms with Crippen molar-refractivity contribution in [1.82, 2.24) is 19.7 Å². The molecule has 0 radical (unpaired) electrons. The summed E-state index contributed by atoms with van der Waals surface area (Å²) in [5.41, 5.74) is 0. The summed E-state index contributed by atoms with van der Waals surface area (Å²) in [6.45, 7) is 0.541. The van der Waals surface area contributed by atoms with Gasteiger partial charge >= 0.3 is 0 Å². The molecule has 2 aliphatic carbocycles. The highest BCUT2D eigenvalue weighted by atomic mass is 79.9. The lowest BCUT2D eigenvalue weighted by Gasteiger charge is -1.90. The number of thiazole rings is 2. The first-order valence-corrected chi connectivity index (χ1v) is 11.3. The van der Waals surface area contributed by atoms with Crippen LogP contribution in [0.3, 0.4) is 0 Å². The highest BCUT2D eigenvalue weighted by Crippen LogP contribution is 2.47. The lowest BCUT2D eigenvalue weighted by atomic mass is 10.4. The van der Waals surface area contributed by atoms with Gasteiger partial charge in [0.25, 0.3) is 0 Å². The molecule has 132 valence electrons. The summed E-state index contributed by atoms with van der Waals surface area (Å²) in [5.74, 6) is 1.54. The molecule has 3 heterocycles. The van der Waals surface area contributed by atoms with Gasteiger partial charge in [-0.2, -0.15) is 0 Å². The van der Waals surface area contributed by atoms with E-state index in [4.69, 9.17) is 0 Å². The monoisotopic (exact) mass is 502 g/mol. The fourth-order valence-corrected chi connectivity index (χ4v) is 6.64. The Morgan fingerprint density at radius 1 is 1.20 bits per heavy atom. The molecule has 0 bridgehead atoms. The van der Waals surface area contributed by atoms with Gasteiger partial charge in [0.2, 0.25) is 6.41 Å². The highest BCUT2D eigenvalue weighted by molar-refractivity contribution is 9.10. The Morgan fingerprint density at radius 3 is 2.56 bits per heavy atom. The molecule has 0 aromatic carbocycles. The summed E-state index contributed by atoms with van der Waals surface area (Å²) in [4.78, 5) is 22.5. The molecule has 5 nitrogen and oxygen atoms in total. The first-order valence-electron chi connectivity index (χ1n) is 8.09. The molecule has 0 saturated heterocycles. The second-order valence-electron chi connectivity index (χ2n) is 6.17. The third-order valence-electron chi connectivity index (χ3n) is 4.12. The molecule has 0 aliphatic heterocycles. The van der Waals surface area contributed by atoms with Gasteiger partial charge in [-0.1, -0.05) is 0 Å². The first-order chi connectivity index (χ1) is 12.2. The lowest BCUT2D eigenvalue weighted by molar-refractivity contribution is -0.109. The average molecular weight is 504 g/mol. The lowest BCUT2D eigenvalue weighted by Crippen LogP contribution is -2.08. The van der Waals surface area contributed by atoms with Crippen molar-refractivity contribution >= 4 is 65.8 Å². The molecule has 0 spiro atoms. The van der Waals surface area contributed by atoms with Crippen LogP contribution in [0.25, 0.3) is 4.83 Å². The summed E-state index contributed by atoms with van der Waals surface area (Å²) in [6.07, 6.45) is 9.75. The number of rotatable bonds is 5. The molecule has 5 rings (SSSR count). The Hall–Kier alpha value is -0.770. The van der Waals surface area contributed by atoms with Crippen molar-refractivity contribution in [3.8, 4) is 0 Å². The summed E-state index contributed by atoms with van der Waals surface area (Å²) in [5, 5.41) is 3.58. The van der Waals surface area contributed by atoms with Gasteiger partial charge in [0.05, 0.1) is 12.7 Å². The summed E-state index contributed by atoms with van der Waals surface area (Å²) >= 11 is 10.6. The van der Waals surface area contributed by atoms with Crippen LogP contribution >= 0.6 is 54.5 Å². The molecule has 25 heavy (non-hydrogen) atoms. The minimum atomic E-state index is 0.541. The molecule has 2 aliphatic rings. The fraction of sp³-hybridized carbons (Fsp3) is 0.438. The molecule has 1 amide bonds. The number of hydrogen-bond donors (Lipinski definition) is 1. The van der Waals surface area contributed by atoms with Crippen molar-refractivity contribution in [2.24, 2.45) is 0 Å². The standard InChI is InChI=1S/C8H9BrN2OS.C8H7BrN2S/c9-8-7(5-1-2-5)13-6(11-8)3-10-4-12;9-8-7(5-1-2-5)12-6-3-10-4-11(6)8/h4-5H,1-3H2,(H,10,12);3-5H,1-2H2. The number of carbonyl (C=O) groups excluding carboxylic acids is 1. The van der Waals surface area contributed by atoms with E-state index in [0.29, 0.717) is 13.0 Å². The average Bonchev–Trinajstić information content (AvgIpc) is 3.52. The van der Waals surface area contributed by atoms with Crippen LogP contribution in [0.2, 0.25) is 0 Å². The van der Waals surface area contributed by atoms with Gasteiger partial charge in [-0.05, 0) is 69.4 Å². The van der Waals surface area contributed by atoms with Gasteiger partial charge in [0, 0.05) is 9.75 Å². The van der Waals surface area contributed by atoms with Crippen molar-refractivity contribution in [2.75, 3.05) is 0 Å². The van der Waals surface area contributed by atoms with Crippen molar-refractivity contribution in [3.63, 3.8) is 0 Å². The number of hydrogen-bond acceptors (Lipinski definition) is 5. The van der Waals surface area contributed by atoms with Gasteiger partial charge < -0.3 is 5.32 Å². The topological polar surface area (TPSA) is 59.3 Å². The van der Waals surface area contributed by atoms with E-state index in [9.17, 15) is 4.79 Å². The Balaban J connectivity index is 0.000000126. The van der Waals surface area contributed by atoms with E-state index in [-0.39, 0.29) is 0 Å². The van der Waals surface area contributed by atoms with E-state index in [1.54, 1.807) is 11.3 Å². The van der Waals surface area contributed by atoms with Crippen LogP contribution in [0, 0.1) is 0 Å². The van der Waals surface area contributed by atoms with E-state index in [0.717, 1.165) is 21.4 Å². The number of imidazole rings is 1. The number of carbonyl (C=O) groups is 1. The van der Waals surface area contributed by atoms with Crippen LogP contribution in [0.1, 0.15) is 52.3 Å². The van der Waals surface area contributed by atoms with Crippen molar-refractivity contribution in [3.05, 3.63) is 36.5 Å². The zero-order chi connectivity index (χ0) is 17.4. The van der Waals surface area contributed by atoms with Crippen molar-refractivity contribution < 1.29 is 4.79 Å². The highest BCUT2D eigenvalue weighted by Gasteiger charge is 2.29. The van der Waals surface area contributed by atoms with Crippen LogP contribution in [-0.2, 0) is 11.3 Å². The van der Waals surface area contributed by atoms with Crippen LogP contribution < -0.4 is 5.32 Å². The second-order valence-corrected chi connectivity index (χ2v) is 9.85. The summed E-state index contributed by atoms with van der Waals surface area (Å²) in [7, 11) is 0. The third-order valence-corrected chi connectivity index (χ3v) is 8.54. The quantitative estimate of drug-likeness (QED) is 0.494. The van der Waals surface area contributed by atoms with Gasteiger partial charge in [-0.25, -0.2) is 9.97 Å². The molecule has 3 aromatic heterocycles. The molecule has 9 heteroatoms. The first kappa shape index (κ1) is 17.6. The molecule has 0 atom stereocenters. The number of halogens is 2. The maximum Gasteiger partial charge on any atom is 0.207 e. The Bertz CT molecular complexity index is 895. The van der Waals surface area contributed by atoms with Gasteiger partial charge in [0.1, 0.15) is 25.4 Å². The zero-order valence-corrected chi connectivity index (χ0v) is 18.0. The summed E-state index contributed by atoms with van der Waals surface area (Å²) < 4.78 is 4.28. The minimum Gasteiger partial charge on any atom is -0.352 e. The predicted molar refractivity (Wildman–Crippen MR) is 107 cm³/mol. The van der Waals surface area contributed by atoms with E-state index in [2.05, 4.69) is 51.5 Å². The maximum absolute atomic E-state index is 10.1. The molecule has 1 N–H and O–H groups in total. The zero-order valence-electron chi connectivity index (χ0n) is 13.2. The van der Waals surface area contributed by atoms with Gasteiger partial charge in [-0.15, -0.1) is 22.7 Å². The predicted octanol–water partition coefficient (Wildman–Crippen LogP) is 5.06. The van der Waals surface area contributed by atoms with E-state index < -0.39 is 0 Å². The largest absolute Gasteiger partial charge is 0.352 e. The number of aromatic nitrogens is 3. The SMILES string of the molecule is Brc1c(C2CC2)sc2cncn12.O=CNCc1nc(Br)c(C2CC2)s1. The second kappa shape index (κ2) is 7.46. The number of nitrogens with one attached hydrogen (secondary N) is 1. The Kier molecular flexibility index (Phi) is 5.26. The maximum atomic E-state index is 10.1. The van der Waals surface area contributed by atoms with E-state index in [1.165, 1.54) is 44.9 Å². The number of nitrogens with zero attached hydrogens (tertiary/aromatic N) is 3. The van der Waals surface area contributed by atoms with Gasteiger partial charge in [-0.3, -0.25) is 9.20 Å². The van der Waals surface area contributed by atoms with Gasteiger partial charge in [0.15, 0.2) is 0 Å². The van der Waals surface area contributed by atoms with Crippen LogP contribution in [0.15, 0.2) is 21.7 Å². The third kappa shape index (κ3) is 3.99. The van der Waals surface area contributed by atoms with Crippen molar-refractivity contribution in [2.45, 2.75) is 44.1 Å². The van der Waals surface area contributed by atoms with E-state index >= 15 is 0 Å². The fourth-order valence-electron chi connectivity index (χ4n) is 2.53. The normalized spacial score (nSPS) is 16.6. The van der Waals surface area contributed by atoms with Crippen LogP contribution in [-0.4, -0.2) is 20.8 Å². The van der Waals surface area contributed by atoms with E-state index in [1.807, 2.05) is 23.9 Å². The smallest absolute Gasteiger partial charge is 0.207 e. The Morgan fingerprint density at radius 2 is 1.92 bits per heavy atom. The van der Waals surface area contributed by atoms with Crippen LogP contribution in [0.4, 0.5) is 0 Å². The van der Waals surface area contributed by atoms with Crippen molar-refractivity contribution in [1.29, 1.82) is 0 Å².